The lowest BCUT2D eigenvalue weighted by Crippen LogP contribution is -2.24. The Morgan fingerprint density at radius 3 is 2.70 bits per heavy atom. The van der Waals surface area contributed by atoms with Crippen molar-refractivity contribution >= 4 is 39.5 Å². The topological polar surface area (TPSA) is 68.9 Å². The molecule has 3 N–H and O–H groups in total. The van der Waals surface area contributed by atoms with Crippen LogP contribution in [0.5, 0.6) is 11.5 Å². The van der Waals surface area contributed by atoms with Crippen molar-refractivity contribution in [3.63, 3.8) is 0 Å². The van der Waals surface area contributed by atoms with Crippen LogP contribution in [0.25, 0.3) is 0 Å². The molecule has 0 atom stereocenters. The Hall–Kier alpha value is -2.12. The van der Waals surface area contributed by atoms with Gasteiger partial charge in [-0.3, -0.25) is 5.43 Å². The van der Waals surface area contributed by atoms with Gasteiger partial charge in [-0.05, 0) is 45.8 Å². The monoisotopic (exact) mass is 393 g/mol. The fourth-order valence-electron chi connectivity index (χ4n) is 1.82. The highest BCUT2D eigenvalue weighted by Crippen LogP contribution is 2.33. The Morgan fingerprint density at radius 2 is 2.04 bits per heavy atom. The molecule has 5 nitrogen and oxygen atoms in total. The third kappa shape index (κ3) is 5.22. The van der Waals surface area contributed by atoms with E-state index in [9.17, 15) is 0 Å². The molecule has 0 bridgehead atoms. The molecule has 0 saturated carbocycles. The molecular weight excluding hydrogens is 378 g/mol. The lowest BCUT2D eigenvalue weighted by atomic mass is 10.2. The minimum atomic E-state index is 0.104. The summed E-state index contributed by atoms with van der Waals surface area (Å²) in [6.07, 6.45) is 1.59. The van der Waals surface area contributed by atoms with E-state index in [1.165, 1.54) is 0 Å². The maximum absolute atomic E-state index is 5.84. The summed E-state index contributed by atoms with van der Waals surface area (Å²) in [4.78, 5) is 0. The summed E-state index contributed by atoms with van der Waals surface area (Å²) in [5.74, 6) is 1.25. The third-order valence-electron chi connectivity index (χ3n) is 2.90. The maximum atomic E-state index is 5.84. The van der Waals surface area contributed by atoms with E-state index in [1.807, 2.05) is 42.5 Å². The molecule has 0 aliphatic heterocycles. The highest BCUT2D eigenvalue weighted by molar-refractivity contribution is 9.10. The Labute approximate surface area is 148 Å². The molecule has 2 rings (SSSR count). The summed E-state index contributed by atoms with van der Waals surface area (Å²) in [5.41, 5.74) is 9.71. The summed E-state index contributed by atoms with van der Waals surface area (Å²) in [6, 6.07) is 13.6. The number of halogens is 1. The van der Waals surface area contributed by atoms with Crippen molar-refractivity contribution in [2.45, 2.75) is 6.61 Å². The van der Waals surface area contributed by atoms with Crippen LogP contribution in [0.1, 0.15) is 11.1 Å². The number of nitrogens with zero attached hydrogens (tertiary/aromatic N) is 1. The molecule has 0 aliphatic rings. The van der Waals surface area contributed by atoms with E-state index < -0.39 is 0 Å². The van der Waals surface area contributed by atoms with Gasteiger partial charge in [-0.2, -0.15) is 5.10 Å². The van der Waals surface area contributed by atoms with Crippen LogP contribution in [-0.2, 0) is 6.61 Å². The summed E-state index contributed by atoms with van der Waals surface area (Å²) in [5, 5.41) is 4.04. The second kappa shape index (κ2) is 8.50. The predicted octanol–water partition coefficient (Wildman–Crippen LogP) is 3.20. The minimum absolute atomic E-state index is 0.104. The van der Waals surface area contributed by atoms with Gasteiger partial charge in [0.2, 0.25) is 0 Å². The number of thiocarbonyl (C=S) groups is 1. The van der Waals surface area contributed by atoms with E-state index in [-0.39, 0.29) is 5.11 Å². The predicted molar refractivity (Wildman–Crippen MR) is 99.0 cm³/mol. The number of benzene rings is 2. The molecule has 7 heteroatoms. The highest BCUT2D eigenvalue weighted by Gasteiger charge is 2.09. The van der Waals surface area contributed by atoms with Gasteiger partial charge in [0.15, 0.2) is 16.6 Å². The van der Waals surface area contributed by atoms with Gasteiger partial charge in [0, 0.05) is 10.0 Å². The molecule has 0 heterocycles. The molecule has 0 aromatic heterocycles. The Kier molecular flexibility index (Phi) is 6.37. The molecule has 0 aliphatic carbocycles. The first kappa shape index (κ1) is 17.2. The van der Waals surface area contributed by atoms with Gasteiger partial charge in [0.1, 0.15) is 6.61 Å². The minimum Gasteiger partial charge on any atom is -0.493 e. The molecule has 0 unspecified atom stereocenters. The Bertz CT molecular complexity index is 708. The van der Waals surface area contributed by atoms with Gasteiger partial charge >= 0.3 is 0 Å². The number of hydrogen-bond donors (Lipinski definition) is 2. The molecule has 2 aromatic rings. The van der Waals surface area contributed by atoms with Crippen LogP contribution in [0.15, 0.2) is 52.0 Å². The largest absolute Gasteiger partial charge is 0.493 e. The number of hydrogen-bond acceptors (Lipinski definition) is 4. The van der Waals surface area contributed by atoms with Crippen molar-refractivity contribution < 1.29 is 9.47 Å². The molecular formula is C16H16BrN3O2S. The molecule has 0 amide bonds. The second-order valence-corrected chi connectivity index (χ2v) is 5.83. The van der Waals surface area contributed by atoms with E-state index >= 15 is 0 Å². The number of hydrazone groups is 1. The molecule has 120 valence electrons. The lowest BCUT2D eigenvalue weighted by Gasteiger charge is -2.12. The summed E-state index contributed by atoms with van der Waals surface area (Å²) in [6.45, 7) is 0.458. The van der Waals surface area contributed by atoms with E-state index in [4.69, 9.17) is 27.4 Å². The highest BCUT2D eigenvalue weighted by atomic mass is 79.9. The lowest BCUT2D eigenvalue weighted by molar-refractivity contribution is 0.284. The summed E-state index contributed by atoms with van der Waals surface area (Å²) >= 11 is 8.18. The van der Waals surface area contributed by atoms with E-state index in [0.717, 1.165) is 15.6 Å². The van der Waals surface area contributed by atoms with Crippen LogP contribution in [0.2, 0.25) is 0 Å². The molecule has 0 saturated heterocycles. The zero-order chi connectivity index (χ0) is 16.7. The van der Waals surface area contributed by atoms with Gasteiger partial charge in [-0.1, -0.05) is 30.3 Å². The van der Waals surface area contributed by atoms with Crippen LogP contribution < -0.4 is 20.6 Å². The molecule has 2 aromatic carbocycles. The number of methoxy groups -OCH3 is 1. The van der Waals surface area contributed by atoms with Crippen LogP contribution in [0.3, 0.4) is 0 Å². The van der Waals surface area contributed by atoms with Crippen molar-refractivity contribution in [3.8, 4) is 11.5 Å². The van der Waals surface area contributed by atoms with E-state index in [0.29, 0.717) is 18.1 Å². The third-order valence-corrected chi connectivity index (χ3v) is 3.68. The van der Waals surface area contributed by atoms with Gasteiger partial charge in [-0.15, -0.1) is 0 Å². The smallest absolute Gasteiger partial charge is 0.184 e. The molecule has 23 heavy (non-hydrogen) atoms. The number of rotatable bonds is 6. The van der Waals surface area contributed by atoms with Crippen molar-refractivity contribution in [3.05, 3.63) is 58.1 Å². The van der Waals surface area contributed by atoms with Crippen LogP contribution in [0.4, 0.5) is 0 Å². The standard InChI is InChI=1S/C16H16BrN3O2S/c1-21-14-7-12(9-19-20-16(18)23)13(17)8-15(14)22-10-11-5-3-2-4-6-11/h2-9H,10H2,1H3,(H3,18,20,23)/b19-9+. The SMILES string of the molecule is COc1cc(/C=N/NC(N)=S)c(Br)cc1OCc1ccccc1. The molecule has 0 spiro atoms. The summed E-state index contributed by atoms with van der Waals surface area (Å²) in [7, 11) is 1.59. The van der Waals surface area contributed by atoms with Crippen molar-refractivity contribution in [1.29, 1.82) is 0 Å². The first-order chi connectivity index (χ1) is 11.1. The first-order valence-electron chi connectivity index (χ1n) is 6.73. The van der Waals surface area contributed by atoms with Crippen LogP contribution in [-0.4, -0.2) is 18.4 Å². The fraction of sp³-hybridized carbons (Fsp3) is 0.125. The fourth-order valence-corrected chi connectivity index (χ4v) is 2.30. The average molecular weight is 394 g/mol. The zero-order valence-electron chi connectivity index (χ0n) is 12.5. The number of ether oxygens (including phenoxy) is 2. The van der Waals surface area contributed by atoms with E-state index in [2.05, 4.69) is 26.5 Å². The van der Waals surface area contributed by atoms with Crippen LogP contribution in [0, 0.1) is 0 Å². The summed E-state index contributed by atoms with van der Waals surface area (Å²) < 4.78 is 12.0. The average Bonchev–Trinajstić information content (AvgIpc) is 2.55. The number of nitrogens with one attached hydrogen (secondary N) is 1. The normalized spacial score (nSPS) is 10.5. The molecule has 0 fully saturated rings. The van der Waals surface area contributed by atoms with Gasteiger partial charge in [-0.25, -0.2) is 0 Å². The first-order valence-corrected chi connectivity index (χ1v) is 7.93. The second-order valence-electron chi connectivity index (χ2n) is 4.53. The quantitative estimate of drug-likeness (QED) is 0.448. The number of nitrogens with two attached hydrogens (primary N) is 1. The van der Waals surface area contributed by atoms with E-state index in [1.54, 1.807) is 13.3 Å². The van der Waals surface area contributed by atoms with Crippen LogP contribution >= 0.6 is 28.1 Å². The Balaban J connectivity index is 2.15. The zero-order valence-corrected chi connectivity index (χ0v) is 14.9. The maximum Gasteiger partial charge on any atom is 0.184 e. The Morgan fingerprint density at radius 1 is 1.30 bits per heavy atom. The van der Waals surface area contributed by atoms with Gasteiger partial charge < -0.3 is 15.2 Å². The van der Waals surface area contributed by atoms with Crippen molar-refractivity contribution in [2.75, 3.05) is 7.11 Å². The van der Waals surface area contributed by atoms with Crippen molar-refractivity contribution in [2.24, 2.45) is 10.8 Å². The van der Waals surface area contributed by atoms with Crippen molar-refractivity contribution in [1.82, 2.24) is 5.43 Å². The van der Waals surface area contributed by atoms with Gasteiger partial charge in [0.05, 0.1) is 13.3 Å². The molecule has 0 radical (unpaired) electrons. The van der Waals surface area contributed by atoms with Gasteiger partial charge in [0.25, 0.3) is 0 Å².